The first-order chi connectivity index (χ1) is 18.5. The fourth-order valence-corrected chi connectivity index (χ4v) is 5.22. The first-order valence-corrected chi connectivity index (χ1v) is 13.6. The van der Waals surface area contributed by atoms with Gasteiger partial charge in [-0.1, -0.05) is 43.3 Å². The summed E-state index contributed by atoms with van der Waals surface area (Å²) in [6, 6.07) is 21.6. The second-order valence-electron chi connectivity index (χ2n) is 10.1. The van der Waals surface area contributed by atoms with Crippen molar-refractivity contribution >= 4 is 23.2 Å². The first kappa shape index (κ1) is 25.9. The van der Waals surface area contributed by atoms with Crippen LogP contribution >= 0.6 is 0 Å². The third kappa shape index (κ3) is 6.06. The summed E-state index contributed by atoms with van der Waals surface area (Å²) in [6.45, 7) is 10.2. The predicted molar refractivity (Wildman–Crippen MR) is 152 cm³/mol. The highest BCUT2D eigenvalue weighted by Crippen LogP contribution is 2.32. The molecule has 38 heavy (non-hydrogen) atoms. The normalized spacial score (nSPS) is 18.2. The average Bonchev–Trinajstić information content (AvgIpc) is 3.15. The fraction of sp³-hybridized carbons (Fsp3) is 0.355. The van der Waals surface area contributed by atoms with Crippen LogP contribution < -0.4 is 15.4 Å². The van der Waals surface area contributed by atoms with Crippen LogP contribution in [0.3, 0.4) is 0 Å². The van der Waals surface area contributed by atoms with Crippen molar-refractivity contribution in [2.75, 3.05) is 43.4 Å². The molecule has 2 aliphatic heterocycles. The molecule has 0 saturated carbocycles. The van der Waals surface area contributed by atoms with Gasteiger partial charge in [0, 0.05) is 30.9 Å². The Morgan fingerprint density at radius 3 is 2.61 bits per heavy atom. The number of carbonyl (C=O) groups excluding carboxylic acids is 2. The second-order valence-corrected chi connectivity index (χ2v) is 10.1. The Bertz CT molecular complexity index is 1290. The molecule has 3 aromatic carbocycles. The van der Waals surface area contributed by atoms with Crippen LogP contribution in [0.15, 0.2) is 66.7 Å². The van der Waals surface area contributed by atoms with Crippen molar-refractivity contribution in [3.8, 4) is 16.9 Å². The second kappa shape index (κ2) is 11.8. The lowest BCUT2D eigenvalue weighted by Gasteiger charge is -2.24. The zero-order valence-corrected chi connectivity index (χ0v) is 22.2. The van der Waals surface area contributed by atoms with Crippen LogP contribution in [0.25, 0.3) is 11.1 Å². The van der Waals surface area contributed by atoms with Gasteiger partial charge < -0.3 is 20.3 Å². The third-order valence-electron chi connectivity index (χ3n) is 7.24. The number of hydrogen-bond acceptors (Lipinski definition) is 5. The first-order valence-electron chi connectivity index (χ1n) is 13.6. The largest absolute Gasteiger partial charge is 0.479 e. The van der Waals surface area contributed by atoms with E-state index in [9.17, 15) is 9.59 Å². The van der Waals surface area contributed by atoms with Crippen LogP contribution in [-0.4, -0.2) is 60.4 Å². The summed E-state index contributed by atoms with van der Waals surface area (Å²) in [5.74, 6) is 0.209. The molecular formula is C31H36N4O3. The Morgan fingerprint density at radius 2 is 1.79 bits per heavy atom. The maximum atomic E-state index is 13.3. The monoisotopic (exact) mass is 512 g/mol. The lowest BCUT2D eigenvalue weighted by molar-refractivity contribution is -0.122. The molecule has 2 N–H and O–H groups in total. The Morgan fingerprint density at radius 1 is 1.00 bits per heavy atom. The molecule has 0 aromatic heterocycles. The minimum absolute atomic E-state index is 0.188. The highest BCUT2D eigenvalue weighted by atomic mass is 16.5. The zero-order valence-electron chi connectivity index (χ0n) is 22.2. The van der Waals surface area contributed by atoms with Gasteiger partial charge in [0.2, 0.25) is 0 Å². The SMILES string of the molecule is CCCN1CCCN(Cc2cc(C(=O)Nc3ccc4c(c3)NC(=O)C(C)O4)ccc2-c2ccccc2)CC1. The lowest BCUT2D eigenvalue weighted by Crippen LogP contribution is -2.34. The third-order valence-corrected chi connectivity index (χ3v) is 7.24. The van der Waals surface area contributed by atoms with Crippen molar-refractivity contribution in [1.82, 2.24) is 9.80 Å². The summed E-state index contributed by atoms with van der Waals surface area (Å²) in [5, 5.41) is 5.82. The van der Waals surface area contributed by atoms with Crippen LogP contribution in [0.5, 0.6) is 5.75 Å². The summed E-state index contributed by atoms with van der Waals surface area (Å²) in [7, 11) is 0. The van der Waals surface area contributed by atoms with Crippen molar-refractivity contribution in [1.29, 1.82) is 0 Å². The molecule has 2 heterocycles. The fourth-order valence-electron chi connectivity index (χ4n) is 5.22. The number of carbonyl (C=O) groups is 2. The molecular weight excluding hydrogens is 476 g/mol. The summed E-state index contributed by atoms with van der Waals surface area (Å²) in [5.41, 5.74) is 5.21. The molecule has 1 saturated heterocycles. The van der Waals surface area contributed by atoms with E-state index < -0.39 is 6.10 Å². The zero-order chi connectivity index (χ0) is 26.5. The van der Waals surface area contributed by atoms with Gasteiger partial charge in [0.1, 0.15) is 5.75 Å². The van der Waals surface area contributed by atoms with Crippen molar-refractivity contribution < 1.29 is 14.3 Å². The van der Waals surface area contributed by atoms with Crippen LogP contribution in [-0.2, 0) is 11.3 Å². The lowest BCUT2D eigenvalue weighted by atomic mass is 9.96. The molecule has 7 heteroatoms. The van der Waals surface area contributed by atoms with E-state index in [1.165, 1.54) is 6.42 Å². The number of anilines is 2. The van der Waals surface area contributed by atoms with Crippen LogP contribution in [0.1, 0.15) is 42.6 Å². The topological polar surface area (TPSA) is 73.9 Å². The highest BCUT2D eigenvalue weighted by molar-refractivity contribution is 6.05. The summed E-state index contributed by atoms with van der Waals surface area (Å²) < 4.78 is 5.63. The van der Waals surface area contributed by atoms with Gasteiger partial charge in [-0.2, -0.15) is 0 Å². The number of ether oxygens (including phenoxy) is 1. The Labute approximate surface area is 224 Å². The van der Waals surface area contributed by atoms with Gasteiger partial charge in [0.05, 0.1) is 5.69 Å². The van der Waals surface area contributed by atoms with Gasteiger partial charge in [-0.3, -0.25) is 14.5 Å². The van der Waals surface area contributed by atoms with E-state index >= 15 is 0 Å². The van der Waals surface area contributed by atoms with E-state index in [2.05, 4.69) is 45.6 Å². The maximum absolute atomic E-state index is 13.3. The standard InChI is InChI=1S/C31H36N4O3/c1-3-14-34-15-7-16-35(18-17-34)21-25-19-24(10-12-27(25)23-8-5-4-6-9-23)31(37)32-26-11-13-29-28(20-26)33-30(36)22(2)38-29/h4-6,8-13,19-20,22H,3,7,14-18,21H2,1-2H3,(H,32,37)(H,33,36). The molecule has 2 amide bonds. The molecule has 7 nitrogen and oxygen atoms in total. The number of benzene rings is 3. The summed E-state index contributed by atoms with van der Waals surface area (Å²) >= 11 is 0. The van der Waals surface area contributed by atoms with Gasteiger partial charge >= 0.3 is 0 Å². The molecule has 2 aliphatic rings. The Hall–Kier alpha value is -3.68. The van der Waals surface area contributed by atoms with E-state index in [1.54, 1.807) is 25.1 Å². The minimum Gasteiger partial charge on any atom is -0.479 e. The molecule has 3 aromatic rings. The molecule has 0 spiro atoms. The van der Waals surface area contributed by atoms with Gasteiger partial charge in [-0.05, 0) is 86.4 Å². The van der Waals surface area contributed by atoms with Gasteiger partial charge in [-0.25, -0.2) is 0 Å². The molecule has 0 bridgehead atoms. The number of hydrogen-bond donors (Lipinski definition) is 2. The molecule has 0 radical (unpaired) electrons. The van der Waals surface area contributed by atoms with Gasteiger partial charge in [0.25, 0.3) is 11.8 Å². The molecule has 1 fully saturated rings. The number of nitrogens with zero attached hydrogens (tertiary/aromatic N) is 2. The number of rotatable bonds is 7. The summed E-state index contributed by atoms with van der Waals surface area (Å²) in [4.78, 5) is 30.4. The van der Waals surface area contributed by atoms with Crippen LogP contribution in [0.2, 0.25) is 0 Å². The molecule has 5 rings (SSSR count). The number of amides is 2. The number of fused-ring (bicyclic) bond motifs is 1. The molecule has 1 atom stereocenters. The maximum Gasteiger partial charge on any atom is 0.265 e. The van der Waals surface area contributed by atoms with E-state index in [4.69, 9.17) is 4.74 Å². The summed E-state index contributed by atoms with van der Waals surface area (Å²) in [6.07, 6.45) is 1.79. The smallest absolute Gasteiger partial charge is 0.265 e. The van der Waals surface area contributed by atoms with Crippen LogP contribution in [0, 0.1) is 0 Å². The average molecular weight is 513 g/mol. The molecule has 1 unspecified atom stereocenters. The molecule has 0 aliphatic carbocycles. The van der Waals surface area contributed by atoms with Crippen LogP contribution in [0.4, 0.5) is 11.4 Å². The van der Waals surface area contributed by atoms with Crippen molar-refractivity contribution in [3.05, 3.63) is 77.9 Å². The van der Waals surface area contributed by atoms with Gasteiger partial charge in [-0.15, -0.1) is 0 Å². The molecule has 198 valence electrons. The van der Waals surface area contributed by atoms with E-state index in [1.807, 2.05) is 30.3 Å². The van der Waals surface area contributed by atoms with Crippen molar-refractivity contribution in [2.24, 2.45) is 0 Å². The Balaban J connectivity index is 1.37. The number of nitrogens with one attached hydrogen (secondary N) is 2. The van der Waals surface area contributed by atoms with Crippen molar-refractivity contribution in [2.45, 2.75) is 39.3 Å². The van der Waals surface area contributed by atoms with E-state index in [-0.39, 0.29) is 11.8 Å². The highest BCUT2D eigenvalue weighted by Gasteiger charge is 2.24. The van der Waals surface area contributed by atoms with E-state index in [0.29, 0.717) is 22.7 Å². The quantitative estimate of drug-likeness (QED) is 0.453. The van der Waals surface area contributed by atoms with Gasteiger partial charge in [0.15, 0.2) is 6.10 Å². The van der Waals surface area contributed by atoms with E-state index in [0.717, 1.165) is 62.4 Å². The Kier molecular flexibility index (Phi) is 8.05. The predicted octanol–water partition coefficient (Wildman–Crippen LogP) is 5.24. The minimum atomic E-state index is -0.539. The van der Waals surface area contributed by atoms with Crippen molar-refractivity contribution in [3.63, 3.8) is 0 Å².